The summed E-state index contributed by atoms with van der Waals surface area (Å²) in [5, 5.41) is 1.09. The molecular formula is C9H7IN2. The van der Waals surface area contributed by atoms with E-state index in [1.807, 2.05) is 30.3 Å². The molecule has 2 N–H and O–H groups in total. The normalized spacial score (nSPS) is 10.4. The van der Waals surface area contributed by atoms with Crippen LogP contribution in [0.25, 0.3) is 10.9 Å². The second kappa shape index (κ2) is 2.90. The van der Waals surface area contributed by atoms with Gasteiger partial charge in [0, 0.05) is 5.39 Å². The number of fused-ring (bicyclic) bond motifs is 1. The molecule has 1 aromatic carbocycles. The van der Waals surface area contributed by atoms with E-state index >= 15 is 0 Å². The van der Waals surface area contributed by atoms with Gasteiger partial charge in [-0.1, -0.05) is 18.2 Å². The summed E-state index contributed by atoms with van der Waals surface area (Å²) in [6.07, 6.45) is 0. The number of para-hydroxylation sites is 1. The lowest BCUT2D eigenvalue weighted by Gasteiger charge is -1.99. The van der Waals surface area contributed by atoms with E-state index in [1.54, 1.807) is 0 Å². The van der Waals surface area contributed by atoms with Crippen LogP contribution in [0, 0.1) is 3.70 Å². The Hall–Kier alpha value is -0.840. The van der Waals surface area contributed by atoms with Gasteiger partial charge < -0.3 is 5.73 Å². The van der Waals surface area contributed by atoms with Gasteiger partial charge in [0.1, 0.15) is 3.70 Å². The first-order valence-corrected chi connectivity index (χ1v) is 4.66. The van der Waals surface area contributed by atoms with E-state index in [0.717, 1.165) is 20.3 Å². The lowest BCUT2D eigenvalue weighted by atomic mass is 10.2. The highest BCUT2D eigenvalue weighted by Gasteiger charge is 1.98. The smallest absolute Gasteiger partial charge is 0.102 e. The van der Waals surface area contributed by atoms with Crippen LogP contribution in [0.3, 0.4) is 0 Å². The molecule has 2 aromatic rings. The molecule has 0 aliphatic heterocycles. The van der Waals surface area contributed by atoms with E-state index in [1.165, 1.54) is 0 Å². The first-order valence-electron chi connectivity index (χ1n) is 3.58. The number of pyridine rings is 1. The van der Waals surface area contributed by atoms with E-state index in [0.29, 0.717) is 0 Å². The summed E-state index contributed by atoms with van der Waals surface area (Å²) < 4.78 is 0.970. The number of hydrogen-bond acceptors (Lipinski definition) is 2. The fourth-order valence-electron chi connectivity index (χ4n) is 1.15. The molecule has 12 heavy (non-hydrogen) atoms. The number of anilines is 1. The van der Waals surface area contributed by atoms with Gasteiger partial charge >= 0.3 is 0 Å². The predicted molar refractivity (Wildman–Crippen MR) is 58.9 cm³/mol. The minimum Gasteiger partial charge on any atom is -0.397 e. The van der Waals surface area contributed by atoms with Crippen molar-refractivity contribution in [3.05, 3.63) is 34.0 Å². The number of halogens is 1. The van der Waals surface area contributed by atoms with Crippen molar-refractivity contribution in [3.63, 3.8) is 0 Å². The minimum atomic E-state index is 0.742. The zero-order valence-corrected chi connectivity index (χ0v) is 8.45. The van der Waals surface area contributed by atoms with Gasteiger partial charge in [-0.25, -0.2) is 4.98 Å². The number of nitrogen functional groups attached to an aromatic ring is 1. The van der Waals surface area contributed by atoms with E-state index in [4.69, 9.17) is 5.73 Å². The van der Waals surface area contributed by atoms with Crippen molar-refractivity contribution >= 4 is 39.2 Å². The fourth-order valence-corrected chi connectivity index (χ4v) is 1.57. The van der Waals surface area contributed by atoms with Gasteiger partial charge in [-0.2, -0.15) is 0 Å². The van der Waals surface area contributed by atoms with Crippen molar-refractivity contribution in [1.82, 2.24) is 4.98 Å². The van der Waals surface area contributed by atoms with E-state index in [9.17, 15) is 0 Å². The van der Waals surface area contributed by atoms with Crippen LogP contribution in [0.4, 0.5) is 5.69 Å². The topological polar surface area (TPSA) is 38.9 Å². The highest BCUT2D eigenvalue weighted by Crippen LogP contribution is 2.19. The summed E-state index contributed by atoms with van der Waals surface area (Å²) in [5.41, 5.74) is 7.39. The Bertz CT molecular complexity index is 426. The summed E-state index contributed by atoms with van der Waals surface area (Å²) in [6, 6.07) is 9.81. The standard InChI is InChI=1S/C9H7IN2/c10-8-5-4-6-2-1-3-7(11)9(6)12-8/h1-5H,11H2. The maximum Gasteiger partial charge on any atom is 0.102 e. The molecule has 3 heteroatoms. The number of nitrogens with two attached hydrogens (primary N) is 1. The molecule has 60 valence electrons. The van der Waals surface area contributed by atoms with Crippen molar-refractivity contribution in [3.8, 4) is 0 Å². The van der Waals surface area contributed by atoms with Gasteiger partial charge in [0.25, 0.3) is 0 Å². The molecule has 2 rings (SSSR count). The molecule has 1 aromatic heterocycles. The molecule has 0 aliphatic rings. The molecule has 0 radical (unpaired) electrons. The van der Waals surface area contributed by atoms with Crippen LogP contribution in [0.15, 0.2) is 30.3 Å². The van der Waals surface area contributed by atoms with Crippen molar-refractivity contribution in [1.29, 1.82) is 0 Å². The monoisotopic (exact) mass is 270 g/mol. The summed E-state index contributed by atoms with van der Waals surface area (Å²) in [5.74, 6) is 0. The maximum absolute atomic E-state index is 5.76. The number of rotatable bonds is 0. The van der Waals surface area contributed by atoms with Crippen LogP contribution in [-0.2, 0) is 0 Å². The van der Waals surface area contributed by atoms with Gasteiger partial charge in [0.05, 0.1) is 11.2 Å². The Balaban J connectivity index is 2.88. The van der Waals surface area contributed by atoms with Gasteiger partial charge in [-0.05, 0) is 34.7 Å². The number of hydrogen-bond donors (Lipinski definition) is 1. The Labute approximate surface area is 83.9 Å². The molecule has 0 aliphatic carbocycles. The molecule has 0 saturated heterocycles. The van der Waals surface area contributed by atoms with Crippen LogP contribution in [0.2, 0.25) is 0 Å². The third-order valence-corrected chi connectivity index (χ3v) is 2.32. The van der Waals surface area contributed by atoms with E-state index in [-0.39, 0.29) is 0 Å². The second-order valence-electron chi connectivity index (χ2n) is 2.55. The zero-order chi connectivity index (χ0) is 8.55. The number of nitrogens with zero attached hydrogens (tertiary/aromatic N) is 1. The summed E-state index contributed by atoms with van der Waals surface area (Å²) >= 11 is 2.18. The third-order valence-electron chi connectivity index (χ3n) is 1.72. The summed E-state index contributed by atoms with van der Waals surface area (Å²) in [4.78, 5) is 4.34. The Morgan fingerprint density at radius 2 is 2.00 bits per heavy atom. The molecule has 0 spiro atoms. The minimum absolute atomic E-state index is 0.742. The first kappa shape index (κ1) is 7.79. The molecule has 0 bridgehead atoms. The van der Waals surface area contributed by atoms with Crippen LogP contribution in [0.1, 0.15) is 0 Å². The largest absolute Gasteiger partial charge is 0.397 e. The van der Waals surface area contributed by atoms with E-state index < -0.39 is 0 Å². The molecular weight excluding hydrogens is 263 g/mol. The molecule has 1 heterocycles. The van der Waals surface area contributed by atoms with Crippen LogP contribution >= 0.6 is 22.6 Å². The Morgan fingerprint density at radius 3 is 2.83 bits per heavy atom. The molecule has 0 saturated carbocycles. The highest BCUT2D eigenvalue weighted by atomic mass is 127. The van der Waals surface area contributed by atoms with E-state index in [2.05, 4.69) is 27.6 Å². The zero-order valence-electron chi connectivity index (χ0n) is 6.29. The van der Waals surface area contributed by atoms with Gasteiger partial charge in [0.2, 0.25) is 0 Å². The fraction of sp³-hybridized carbons (Fsp3) is 0. The lowest BCUT2D eigenvalue weighted by molar-refractivity contribution is 1.35. The average Bonchev–Trinajstić information content (AvgIpc) is 2.07. The van der Waals surface area contributed by atoms with Crippen LogP contribution in [0.5, 0.6) is 0 Å². The average molecular weight is 270 g/mol. The molecule has 0 unspecified atom stereocenters. The predicted octanol–water partition coefficient (Wildman–Crippen LogP) is 2.42. The summed E-state index contributed by atoms with van der Waals surface area (Å²) in [6.45, 7) is 0. The Kier molecular flexibility index (Phi) is 1.88. The van der Waals surface area contributed by atoms with Crippen molar-refractivity contribution in [2.24, 2.45) is 0 Å². The van der Waals surface area contributed by atoms with Gasteiger partial charge in [0.15, 0.2) is 0 Å². The lowest BCUT2D eigenvalue weighted by Crippen LogP contribution is -1.90. The first-order chi connectivity index (χ1) is 5.77. The van der Waals surface area contributed by atoms with Crippen LogP contribution in [-0.4, -0.2) is 4.98 Å². The van der Waals surface area contributed by atoms with Gasteiger partial charge in [-0.3, -0.25) is 0 Å². The third kappa shape index (κ3) is 1.24. The van der Waals surface area contributed by atoms with Crippen molar-refractivity contribution in [2.75, 3.05) is 5.73 Å². The maximum atomic E-state index is 5.76. The molecule has 0 fully saturated rings. The van der Waals surface area contributed by atoms with Crippen LogP contribution < -0.4 is 5.73 Å². The van der Waals surface area contributed by atoms with Crippen molar-refractivity contribution in [2.45, 2.75) is 0 Å². The molecule has 0 atom stereocenters. The highest BCUT2D eigenvalue weighted by molar-refractivity contribution is 14.1. The van der Waals surface area contributed by atoms with Crippen molar-refractivity contribution < 1.29 is 0 Å². The quantitative estimate of drug-likeness (QED) is 0.453. The number of benzene rings is 1. The Morgan fingerprint density at radius 1 is 1.17 bits per heavy atom. The number of aromatic nitrogens is 1. The molecule has 2 nitrogen and oxygen atoms in total. The van der Waals surface area contributed by atoms with Gasteiger partial charge in [-0.15, -0.1) is 0 Å². The summed E-state index contributed by atoms with van der Waals surface area (Å²) in [7, 11) is 0. The molecule has 0 amide bonds. The SMILES string of the molecule is Nc1cccc2ccc(I)nc12. The second-order valence-corrected chi connectivity index (χ2v) is 3.66.